The number of nitrogens with zero attached hydrogens (tertiary/aromatic N) is 2. The zero-order valence-corrected chi connectivity index (χ0v) is 15.7. The molecule has 1 aliphatic heterocycles. The Morgan fingerprint density at radius 1 is 1.04 bits per heavy atom. The van der Waals surface area contributed by atoms with Crippen LogP contribution in [0.4, 0.5) is 5.69 Å². The second-order valence-corrected chi connectivity index (χ2v) is 7.29. The van der Waals surface area contributed by atoms with Crippen molar-refractivity contribution in [1.29, 1.82) is 0 Å². The first-order valence-corrected chi connectivity index (χ1v) is 9.57. The van der Waals surface area contributed by atoms with Crippen LogP contribution in [0.1, 0.15) is 0 Å². The summed E-state index contributed by atoms with van der Waals surface area (Å²) in [5, 5.41) is 0.744. The normalized spacial score (nSPS) is 14.5. The second kappa shape index (κ2) is 8.50. The SMILES string of the molecule is COc1ccc(SCC(=O)N2CCN(c3ccc(Cl)cc3)CC2)cc1. The summed E-state index contributed by atoms with van der Waals surface area (Å²) in [7, 11) is 1.65. The number of amides is 1. The lowest BCUT2D eigenvalue weighted by atomic mass is 10.2. The third-order valence-corrected chi connectivity index (χ3v) is 5.49. The van der Waals surface area contributed by atoms with Crippen molar-refractivity contribution in [2.75, 3.05) is 43.9 Å². The molecule has 0 atom stereocenters. The Balaban J connectivity index is 1.47. The number of carbonyl (C=O) groups is 1. The summed E-state index contributed by atoms with van der Waals surface area (Å²) in [6.45, 7) is 3.20. The molecule has 1 fully saturated rings. The first kappa shape index (κ1) is 18.0. The van der Waals surface area contributed by atoms with E-state index in [2.05, 4.69) is 4.90 Å². The zero-order chi connectivity index (χ0) is 17.6. The largest absolute Gasteiger partial charge is 0.497 e. The fourth-order valence-corrected chi connectivity index (χ4v) is 3.70. The van der Waals surface area contributed by atoms with Crippen LogP contribution in [0.15, 0.2) is 53.4 Å². The van der Waals surface area contributed by atoms with Crippen LogP contribution in [-0.4, -0.2) is 49.8 Å². The predicted octanol–water partition coefficient (Wildman–Crippen LogP) is 3.79. The van der Waals surface area contributed by atoms with Gasteiger partial charge in [0.1, 0.15) is 5.75 Å². The van der Waals surface area contributed by atoms with E-state index in [1.807, 2.05) is 53.4 Å². The minimum Gasteiger partial charge on any atom is -0.497 e. The smallest absolute Gasteiger partial charge is 0.233 e. The van der Waals surface area contributed by atoms with E-state index < -0.39 is 0 Å². The van der Waals surface area contributed by atoms with Crippen molar-refractivity contribution in [1.82, 2.24) is 4.90 Å². The van der Waals surface area contributed by atoms with Gasteiger partial charge in [-0.1, -0.05) is 11.6 Å². The van der Waals surface area contributed by atoms with E-state index >= 15 is 0 Å². The maximum Gasteiger partial charge on any atom is 0.233 e. The van der Waals surface area contributed by atoms with Crippen LogP contribution in [0.25, 0.3) is 0 Å². The van der Waals surface area contributed by atoms with E-state index in [-0.39, 0.29) is 5.91 Å². The van der Waals surface area contributed by atoms with Gasteiger partial charge in [-0.05, 0) is 48.5 Å². The van der Waals surface area contributed by atoms with Crippen LogP contribution in [0.2, 0.25) is 5.02 Å². The van der Waals surface area contributed by atoms with E-state index in [1.54, 1.807) is 18.9 Å². The molecule has 1 saturated heterocycles. The molecule has 132 valence electrons. The molecule has 25 heavy (non-hydrogen) atoms. The van der Waals surface area contributed by atoms with Crippen LogP contribution >= 0.6 is 23.4 Å². The summed E-state index contributed by atoms with van der Waals surface area (Å²) in [6, 6.07) is 15.7. The lowest BCUT2D eigenvalue weighted by molar-refractivity contribution is -0.128. The Labute approximate surface area is 157 Å². The van der Waals surface area contributed by atoms with Crippen molar-refractivity contribution in [2.24, 2.45) is 0 Å². The van der Waals surface area contributed by atoms with Crippen molar-refractivity contribution < 1.29 is 9.53 Å². The molecule has 0 aliphatic carbocycles. The van der Waals surface area contributed by atoms with Crippen LogP contribution in [0, 0.1) is 0 Å². The molecule has 3 rings (SSSR count). The number of hydrogen-bond acceptors (Lipinski definition) is 4. The first-order chi connectivity index (χ1) is 12.2. The molecule has 1 amide bonds. The molecule has 6 heteroatoms. The molecule has 1 aliphatic rings. The van der Waals surface area contributed by atoms with Gasteiger partial charge in [0.2, 0.25) is 5.91 Å². The summed E-state index contributed by atoms with van der Waals surface area (Å²) in [5.74, 6) is 1.48. The predicted molar refractivity (Wildman–Crippen MR) is 104 cm³/mol. The van der Waals surface area contributed by atoms with Gasteiger partial charge in [0.15, 0.2) is 0 Å². The molecule has 1 heterocycles. The van der Waals surface area contributed by atoms with Crippen molar-refractivity contribution in [3.8, 4) is 5.75 Å². The van der Waals surface area contributed by atoms with Crippen LogP contribution in [0.5, 0.6) is 5.75 Å². The minimum absolute atomic E-state index is 0.191. The van der Waals surface area contributed by atoms with Crippen LogP contribution < -0.4 is 9.64 Å². The lowest BCUT2D eigenvalue weighted by Crippen LogP contribution is -2.49. The summed E-state index contributed by atoms with van der Waals surface area (Å²) in [5.41, 5.74) is 1.16. The standard InChI is InChI=1S/C19H21ClN2O2S/c1-24-17-6-8-18(9-7-17)25-14-19(23)22-12-10-21(11-13-22)16-4-2-15(20)3-5-16/h2-9H,10-14H2,1H3. The Morgan fingerprint density at radius 3 is 2.28 bits per heavy atom. The molecule has 0 unspecified atom stereocenters. The molecule has 0 saturated carbocycles. The molecule has 0 N–H and O–H groups in total. The Morgan fingerprint density at radius 2 is 1.68 bits per heavy atom. The number of rotatable bonds is 5. The highest BCUT2D eigenvalue weighted by molar-refractivity contribution is 8.00. The third kappa shape index (κ3) is 4.83. The van der Waals surface area contributed by atoms with E-state index in [0.717, 1.165) is 47.5 Å². The van der Waals surface area contributed by atoms with E-state index in [1.165, 1.54) is 0 Å². The fraction of sp³-hybridized carbons (Fsp3) is 0.316. The number of piperazine rings is 1. The van der Waals surface area contributed by atoms with Gasteiger partial charge in [-0.2, -0.15) is 0 Å². The quantitative estimate of drug-likeness (QED) is 0.743. The van der Waals surface area contributed by atoms with Crippen LogP contribution in [-0.2, 0) is 4.79 Å². The van der Waals surface area contributed by atoms with Gasteiger partial charge in [-0.25, -0.2) is 0 Å². The molecular weight excluding hydrogens is 356 g/mol. The topological polar surface area (TPSA) is 32.8 Å². The molecular formula is C19H21ClN2O2S. The molecule has 4 nitrogen and oxygen atoms in total. The highest BCUT2D eigenvalue weighted by Gasteiger charge is 2.21. The summed E-state index contributed by atoms with van der Waals surface area (Å²) in [6.07, 6.45) is 0. The van der Waals surface area contributed by atoms with Gasteiger partial charge < -0.3 is 14.5 Å². The number of ether oxygens (including phenoxy) is 1. The average molecular weight is 377 g/mol. The van der Waals surface area contributed by atoms with Gasteiger partial charge in [0, 0.05) is 41.8 Å². The van der Waals surface area contributed by atoms with E-state index in [0.29, 0.717) is 5.75 Å². The second-order valence-electron chi connectivity index (χ2n) is 5.81. The van der Waals surface area contributed by atoms with Crippen molar-refractivity contribution >= 4 is 35.0 Å². The van der Waals surface area contributed by atoms with E-state index in [9.17, 15) is 4.79 Å². The Bertz CT molecular complexity index is 698. The van der Waals surface area contributed by atoms with Crippen molar-refractivity contribution in [3.05, 3.63) is 53.6 Å². The monoisotopic (exact) mass is 376 g/mol. The maximum atomic E-state index is 12.4. The fourth-order valence-electron chi connectivity index (χ4n) is 2.77. The summed E-state index contributed by atoms with van der Waals surface area (Å²) in [4.78, 5) is 17.7. The highest BCUT2D eigenvalue weighted by atomic mass is 35.5. The molecule has 2 aromatic rings. The number of thioether (sulfide) groups is 1. The number of carbonyl (C=O) groups excluding carboxylic acids is 1. The van der Waals surface area contributed by atoms with Gasteiger partial charge >= 0.3 is 0 Å². The van der Waals surface area contributed by atoms with E-state index in [4.69, 9.17) is 16.3 Å². The summed E-state index contributed by atoms with van der Waals surface area (Å²) >= 11 is 7.50. The van der Waals surface area contributed by atoms with Gasteiger partial charge in [-0.3, -0.25) is 4.79 Å². The van der Waals surface area contributed by atoms with Gasteiger partial charge in [0.25, 0.3) is 0 Å². The molecule has 0 radical (unpaired) electrons. The molecule has 0 spiro atoms. The molecule has 0 bridgehead atoms. The average Bonchev–Trinajstić information content (AvgIpc) is 2.67. The molecule has 0 aromatic heterocycles. The highest BCUT2D eigenvalue weighted by Crippen LogP contribution is 2.23. The lowest BCUT2D eigenvalue weighted by Gasteiger charge is -2.36. The number of halogens is 1. The minimum atomic E-state index is 0.191. The number of methoxy groups -OCH3 is 1. The maximum absolute atomic E-state index is 12.4. The number of benzene rings is 2. The van der Waals surface area contributed by atoms with Gasteiger partial charge in [0.05, 0.1) is 12.9 Å². The van der Waals surface area contributed by atoms with Crippen LogP contribution in [0.3, 0.4) is 0 Å². The Kier molecular flexibility index (Phi) is 6.10. The Hall–Kier alpha value is -1.85. The van der Waals surface area contributed by atoms with Crippen molar-refractivity contribution in [2.45, 2.75) is 4.90 Å². The molecule has 2 aromatic carbocycles. The summed E-state index contributed by atoms with van der Waals surface area (Å²) < 4.78 is 5.15. The van der Waals surface area contributed by atoms with Gasteiger partial charge in [-0.15, -0.1) is 11.8 Å². The third-order valence-electron chi connectivity index (χ3n) is 4.25. The number of hydrogen-bond donors (Lipinski definition) is 0. The van der Waals surface area contributed by atoms with Crippen molar-refractivity contribution in [3.63, 3.8) is 0 Å². The first-order valence-electron chi connectivity index (χ1n) is 8.21. The zero-order valence-electron chi connectivity index (χ0n) is 14.2. The number of anilines is 1.